The number of nitrogens with zero attached hydrogens (tertiary/aromatic N) is 2. The number of carboxylic acids is 1. The van der Waals surface area contributed by atoms with Crippen LogP contribution in [-0.4, -0.2) is 27.2 Å². The molecule has 0 aliphatic carbocycles. The number of hydrogen-bond donors (Lipinski definition) is 2. The molecule has 8 heteroatoms. The fourth-order valence-corrected chi connectivity index (χ4v) is 0.753. The van der Waals surface area contributed by atoms with Crippen LogP contribution in [0.3, 0.4) is 0 Å². The zero-order valence-electron chi connectivity index (χ0n) is 8.54. The third-order valence-electron chi connectivity index (χ3n) is 1.24. The zero-order valence-corrected chi connectivity index (χ0v) is 8.54. The molecule has 0 amide bonds. The van der Waals surface area contributed by atoms with Crippen molar-refractivity contribution in [2.45, 2.75) is 20.0 Å². The summed E-state index contributed by atoms with van der Waals surface area (Å²) in [7, 11) is 0. The van der Waals surface area contributed by atoms with Crippen molar-refractivity contribution in [3.8, 4) is 0 Å². The number of nitrogen functional groups attached to an aromatic ring is 1. The maximum atomic E-state index is 10.6. The van der Waals surface area contributed by atoms with Gasteiger partial charge in [-0.1, -0.05) is 0 Å². The third kappa shape index (κ3) is 5.78. The number of anilines is 1. The predicted octanol–water partition coefficient (Wildman–Crippen LogP) is 1.31. The minimum atomic E-state index is -5.08. The molecule has 1 heterocycles. The van der Waals surface area contributed by atoms with Gasteiger partial charge in [0, 0.05) is 11.4 Å². The van der Waals surface area contributed by atoms with Crippen molar-refractivity contribution in [2.75, 3.05) is 5.73 Å². The van der Waals surface area contributed by atoms with E-state index in [-0.39, 0.29) is 0 Å². The van der Waals surface area contributed by atoms with Crippen LogP contribution in [0.1, 0.15) is 11.4 Å². The summed E-state index contributed by atoms with van der Waals surface area (Å²) in [5, 5.41) is 7.12. The van der Waals surface area contributed by atoms with E-state index in [0.717, 1.165) is 11.4 Å². The van der Waals surface area contributed by atoms with E-state index in [1.165, 1.54) is 0 Å². The Bertz CT molecular complexity index is 329. The lowest BCUT2D eigenvalue weighted by atomic mass is 10.4. The van der Waals surface area contributed by atoms with Crippen LogP contribution in [0.25, 0.3) is 0 Å². The van der Waals surface area contributed by atoms with E-state index in [1.807, 2.05) is 19.9 Å². The van der Waals surface area contributed by atoms with Gasteiger partial charge in [-0.15, -0.1) is 0 Å². The number of aromatic nitrogens is 2. The van der Waals surface area contributed by atoms with Gasteiger partial charge in [0.2, 0.25) is 5.95 Å². The Morgan fingerprint density at radius 3 is 1.81 bits per heavy atom. The normalized spacial score (nSPS) is 10.3. The van der Waals surface area contributed by atoms with E-state index < -0.39 is 12.1 Å². The monoisotopic (exact) mass is 237 g/mol. The Morgan fingerprint density at radius 1 is 1.31 bits per heavy atom. The van der Waals surface area contributed by atoms with E-state index in [1.54, 1.807) is 0 Å². The van der Waals surface area contributed by atoms with E-state index >= 15 is 0 Å². The largest absolute Gasteiger partial charge is 0.490 e. The number of rotatable bonds is 0. The lowest BCUT2D eigenvalue weighted by Gasteiger charge is -1.94. The second kappa shape index (κ2) is 5.29. The number of halogens is 3. The number of carbonyl (C=O) groups is 1. The lowest BCUT2D eigenvalue weighted by molar-refractivity contribution is -0.192. The maximum absolute atomic E-state index is 10.6. The van der Waals surface area contributed by atoms with Crippen molar-refractivity contribution in [2.24, 2.45) is 0 Å². The fraction of sp³-hybridized carbons (Fsp3) is 0.375. The number of aryl methyl sites for hydroxylation is 2. The molecule has 1 aromatic rings. The summed E-state index contributed by atoms with van der Waals surface area (Å²) >= 11 is 0. The smallest absolute Gasteiger partial charge is 0.475 e. The third-order valence-corrected chi connectivity index (χ3v) is 1.24. The molecular formula is C8H10F3N3O2. The number of alkyl halides is 3. The summed E-state index contributed by atoms with van der Waals surface area (Å²) in [4.78, 5) is 16.7. The first-order chi connectivity index (χ1) is 7.12. The summed E-state index contributed by atoms with van der Waals surface area (Å²) in [5.74, 6) is -2.40. The van der Waals surface area contributed by atoms with Crippen LogP contribution in [0, 0.1) is 13.8 Å². The summed E-state index contributed by atoms with van der Waals surface area (Å²) in [5.41, 5.74) is 7.17. The second-order valence-electron chi connectivity index (χ2n) is 2.81. The Balaban J connectivity index is 0.000000293. The highest BCUT2D eigenvalue weighted by atomic mass is 19.4. The molecule has 0 bridgehead atoms. The number of hydrogen-bond acceptors (Lipinski definition) is 4. The summed E-state index contributed by atoms with van der Waals surface area (Å²) in [6.45, 7) is 3.79. The Morgan fingerprint density at radius 2 is 1.62 bits per heavy atom. The van der Waals surface area contributed by atoms with Gasteiger partial charge in [-0.25, -0.2) is 14.8 Å². The summed E-state index contributed by atoms with van der Waals surface area (Å²) < 4.78 is 31.7. The minimum absolute atomic E-state index is 0.354. The molecule has 16 heavy (non-hydrogen) atoms. The minimum Gasteiger partial charge on any atom is -0.475 e. The van der Waals surface area contributed by atoms with Crippen molar-refractivity contribution >= 4 is 11.9 Å². The molecule has 0 aliphatic heterocycles. The van der Waals surface area contributed by atoms with Crippen LogP contribution in [0.2, 0.25) is 0 Å². The molecule has 3 N–H and O–H groups in total. The molecule has 1 rings (SSSR count). The SMILES string of the molecule is Cc1cc(C)nc(N)n1.O=C(O)C(F)(F)F. The van der Waals surface area contributed by atoms with Crippen molar-refractivity contribution < 1.29 is 23.1 Å². The van der Waals surface area contributed by atoms with E-state index in [4.69, 9.17) is 15.6 Å². The van der Waals surface area contributed by atoms with E-state index in [0.29, 0.717) is 5.95 Å². The average Bonchev–Trinajstić information content (AvgIpc) is 1.99. The van der Waals surface area contributed by atoms with Gasteiger partial charge < -0.3 is 10.8 Å². The predicted molar refractivity (Wildman–Crippen MR) is 49.6 cm³/mol. The molecule has 0 radical (unpaired) electrons. The molecule has 0 saturated carbocycles. The highest BCUT2D eigenvalue weighted by Crippen LogP contribution is 2.13. The van der Waals surface area contributed by atoms with Gasteiger partial charge >= 0.3 is 12.1 Å². The van der Waals surface area contributed by atoms with Gasteiger partial charge in [-0.2, -0.15) is 13.2 Å². The molecule has 5 nitrogen and oxygen atoms in total. The fourth-order valence-electron chi connectivity index (χ4n) is 0.753. The standard InChI is InChI=1S/C6H9N3.C2HF3O2/c1-4-3-5(2)9-6(7)8-4;3-2(4,5)1(6)7/h3H,1-2H3,(H2,7,8,9);(H,6,7). The highest BCUT2D eigenvalue weighted by Gasteiger charge is 2.38. The highest BCUT2D eigenvalue weighted by molar-refractivity contribution is 5.73. The van der Waals surface area contributed by atoms with Crippen molar-refractivity contribution in [1.82, 2.24) is 9.97 Å². The molecular weight excluding hydrogens is 227 g/mol. The van der Waals surface area contributed by atoms with Gasteiger partial charge in [0.1, 0.15) is 0 Å². The Labute approximate surface area is 89.1 Å². The van der Waals surface area contributed by atoms with Gasteiger partial charge in [0.15, 0.2) is 0 Å². The van der Waals surface area contributed by atoms with Crippen LogP contribution in [-0.2, 0) is 4.79 Å². The number of carboxylic acid groups (broad SMARTS) is 1. The summed E-state index contributed by atoms with van der Waals surface area (Å²) in [6.07, 6.45) is -5.08. The molecule has 0 fully saturated rings. The molecule has 0 atom stereocenters. The lowest BCUT2D eigenvalue weighted by Crippen LogP contribution is -2.21. The first kappa shape index (κ1) is 14.1. The van der Waals surface area contributed by atoms with Gasteiger partial charge in [-0.3, -0.25) is 0 Å². The van der Waals surface area contributed by atoms with Crippen molar-refractivity contribution in [3.05, 3.63) is 17.5 Å². The molecule has 0 saturated heterocycles. The van der Waals surface area contributed by atoms with Crippen LogP contribution in [0.5, 0.6) is 0 Å². The average molecular weight is 237 g/mol. The van der Waals surface area contributed by atoms with Crippen molar-refractivity contribution in [3.63, 3.8) is 0 Å². The molecule has 1 aromatic heterocycles. The van der Waals surface area contributed by atoms with Crippen LogP contribution < -0.4 is 5.73 Å². The van der Waals surface area contributed by atoms with Crippen LogP contribution in [0.4, 0.5) is 19.1 Å². The molecule has 90 valence electrons. The number of aliphatic carboxylic acids is 1. The van der Waals surface area contributed by atoms with E-state index in [9.17, 15) is 13.2 Å². The number of nitrogens with two attached hydrogens (primary N) is 1. The van der Waals surface area contributed by atoms with Crippen LogP contribution >= 0.6 is 0 Å². The Kier molecular flexibility index (Phi) is 4.67. The summed E-state index contributed by atoms with van der Waals surface area (Å²) in [6, 6.07) is 1.89. The first-order valence-corrected chi connectivity index (χ1v) is 4.01. The van der Waals surface area contributed by atoms with Crippen molar-refractivity contribution in [1.29, 1.82) is 0 Å². The quantitative estimate of drug-likeness (QED) is 0.710. The second-order valence-corrected chi connectivity index (χ2v) is 2.81. The molecule has 0 aromatic carbocycles. The molecule has 0 spiro atoms. The van der Waals surface area contributed by atoms with Gasteiger partial charge in [0.25, 0.3) is 0 Å². The van der Waals surface area contributed by atoms with Gasteiger partial charge in [-0.05, 0) is 19.9 Å². The zero-order chi connectivity index (χ0) is 12.9. The Hall–Kier alpha value is -1.86. The molecule has 0 unspecified atom stereocenters. The van der Waals surface area contributed by atoms with Crippen LogP contribution in [0.15, 0.2) is 6.07 Å². The topological polar surface area (TPSA) is 89.1 Å². The first-order valence-electron chi connectivity index (χ1n) is 4.01. The maximum Gasteiger partial charge on any atom is 0.490 e. The molecule has 0 aliphatic rings. The van der Waals surface area contributed by atoms with E-state index in [2.05, 4.69) is 9.97 Å². The van der Waals surface area contributed by atoms with Gasteiger partial charge in [0.05, 0.1) is 0 Å².